The van der Waals surface area contributed by atoms with Crippen LogP contribution in [0.15, 0.2) is 12.2 Å². The molecule has 2 heterocycles. The molecule has 112 valence electrons. The van der Waals surface area contributed by atoms with Crippen LogP contribution in [0, 0.1) is 16.7 Å². The van der Waals surface area contributed by atoms with Gasteiger partial charge in [0.15, 0.2) is 0 Å². The topological polar surface area (TPSA) is 21.3 Å². The van der Waals surface area contributed by atoms with E-state index in [1.54, 1.807) is 0 Å². The summed E-state index contributed by atoms with van der Waals surface area (Å²) in [6.45, 7) is 10.0. The predicted molar refractivity (Wildman–Crippen MR) is 70.9 cm³/mol. The van der Waals surface area contributed by atoms with Crippen LogP contribution in [0.25, 0.3) is 0 Å². The summed E-state index contributed by atoms with van der Waals surface area (Å²) in [6.07, 6.45) is 1.25. The molecule has 1 spiro atoms. The molecule has 0 aromatic heterocycles. The average Bonchev–Trinajstić information content (AvgIpc) is 3.08. The van der Waals surface area contributed by atoms with Crippen LogP contribution < -0.4 is 47.7 Å². The second kappa shape index (κ2) is 5.72. The van der Waals surface area contributed by atoms with Crippen molar-refractivity contribution in [3.8, 4) is 0 Å². The Bertz CT molecular complexity index is 375. The fourth-order valence-corrected chi connectivity index (χ4v) is 11.0. The zero-order valence-corrected chi connectivity index (χ0v) is 16.3. The van der Waals surface area contributed by atoms with Crippen molar-refractivity contribution in [3.63, 3.8) is 0 Å². The van der Waals surface area contributed by atoms with Crippen molar-refractivity contribution in [2.75, 3.05) is 38.0 Å². The Balaban J connectivity index is 1.99. The van der Waals surface area contributed by atoms with Crippen LogP contribution in [0.2, 0.25) is 0 Å². The first-order valence-electron chi connectivity index (χ1n) is 7.12. The summed E-state index contributed by atoms with van der Waals surface area (Å²) >= 11 is 0.687. The van der Waals surface area contributed by atoms with Crippen LogP contribution >= 0.6 is 0 Å². The van der Waals surface area contributed by atoms with Gasteiger partial charge in [-0.1, -0.05) is 0 Å². The van der Waals surface area contributed by atoms with E-state index in [4.69, 9.17) is 4.74 Å². The molecule has 1 N–H and O–H groups in total. The summed E-state index contributed by atoms with van der Waals surface area (Å²) in [6, 6.07) is 0.536. The molecule has 3 rings (SSSR count). The fraction of sp³-hybridized carbons (Fsp3) is 0.867. The summed E-state index contributed by atoms with van der Waals surface area (Å²) in [5, 5.41) is 3.81. The maximum atomic E-state index is 6.18. The number of hydrogen-bond acceptors (Lipinski definition) is 2. The van der Waals surface area contributed by atoms with Gasteiger partial charge >= 0.3 is 139 Å². The monoisotopic (exact) mass is 489 g/mol. The van der Waals surface area contributed by atoms with Crippen molar-refractivity contribution < 1.29 is 47.1 Å². The molecule has 0 aromatic rings. The van der Waals surface area contributed by atoms with E-state index in [0.717, 1.165) is 19.1 Å². The number of hydrogen-bond donors (Lipinski definition) is 1. The van der Waals surface area contributed by atoms with Gasteiger partial charge in [-0.3, -0.25) is 0 Å². The number of nitrogens with one attached hydrogen (secondary N) is 1. The van der Waals surface area contributed by atoms with Gasteiger partial charge in [-0.05, 0) is 0 Å². The molecule has 2 saturated heterocycles. The number of fused-ring (bicyclic) bond motifs is 1. The van der Waals surface area contributed by atoms with E-state index in [-0.39, 0.29) is 0 Å². The molecule has 1 saturated carbocycles. The van der Waals surface area contributed by atoms with Gasteiger partial charge < -0.3 is 0 Å². The fourth-order valence-electron chi connectivity index (χ4n) is 4.04. The van der Waals surface area contributed by atoms with E-state index in [9.17, 15) is 0 Å². The van der Waals surface area contributed by atoms with Crippen LogP contribution in [-0.4, -0.2) is 44.0 Å². The molecule has 4 atom stereocenters. The van der Waals surface area contributed by atoms with Crippen LogP contribution in [-0.2, 0) is 4.74 Å². The van der Waals surface area contributed by atoms with Crippen molar-refractivity contribution in [2.45, 2.75) is 19.4 Å². The molecule has 0 aromatic carbocycles. The molecule has 3 fully saturated rings. The third kappa shape index (κ3) is 2.42. The van der Waals surface area contributed by atoms with Crippen molar-refractivity contribution in [1.29, 1.82) is 0 Å². The van der Waals surface area contributed by atoms with Gasteiger partial charge in [0.1, 0.15) is 0 Å². The zero-order chi connectivity index (χ0) is 13.5. The second-order valence-corrected chi connectivity index (χ2v) is 11.5. The van der Waals surface area contributed by atoms with E-state index in [0.29, 0.717) is 59.3 Å². The average molecular weight is 489 g/mol. The minimum atomic E-state index is 0.340. The Hall–Kier alpha value is 1.12. The van der Waals surface area contributed by atoms with Crippen LogP contribution in [0.3, 0.4) is 0 Å². The standard InChI is InChI=1S/C15H25I2NO/c1-11-6-15(11)12(2)14(8-16-3)9-17-4-5-18-13(15)7-19-10-14/h12-13,18H,1,4-10H2,2-3H3/q-2/t12?,13-,14?,15?/m1/s1. The maximum absolute atomic E-state index is 6.18. The normalized spacial score (nSPS) is 47.2. The van der Waals surface area contributed by atoms with Crippen molar-refractivity contribution in [2.24, 2.45) is 16.7 Å². The first-order chi connectivity index (χ1) is 9.16. The third-order valence-corrected chi connectivity index (χ3v) is 11.0. The summed E-state index contributed by atoms with van der Waals surface area (Å²) < 4.78 is 10.5. The number of halogens is 2. The molecule has 4 heteroatoms. The van der Waals surface area contributed by atoms with Crippen LogP contribution in [0.1, 0.15) is 13.3 Å². The van der Waals surface area contributed by atoms with Gasteiger partial charge in [0, 0.05) is 0 Å². The molecule has 2 bridgehead atoms. The zero-order valence-electron chi connectivity index (χ0n) is 12.0. The first-order valence-corrected chi connectivity index (χ1v) is 13.9. The molecule has 1 aliphatic carbocycles. The van der Waals surface area contributed by atoms with E-state index in [1.165, 1.54) is 31.8 Å². The molecule has 3 unspecified atom stereocenters. The summed E-state index contributed by atoms with van der Waals surface area (Å²) in [5.41, 5.74) is 2.38. The Kier molecular flexibility index (Phi) is 4.53. The molecular formula is C15H25I2NO-2. The second-order valence-electron chi connectivity index (χ2n) is 6.34. The summed E-state index contributed by atoms with van der Waals surface area (Å²) in [7, 11) is 0. The predicted octanol–water partition coefficient (Wildman–Crippen LogP) is -4.63. The number of alkyl halides is 4. The minimum absolute atomic E-state index is 0.340. The van der Waals surface area contributed by atoms with Crippen molar-refractivity contribution in [1.82, 2.24) is 5.32 Å². The van der Waals surface area contributed by atoms with Gasteiger partial charge in [0.25, 0.3) is 0 Å². The molecule has 0 radical (unpaired) electrons. The van der Waals surface area contributed by atoms with E-state index in [2.05, 4.69) is 23.7 Å². The van der Waals surface area contributed by atoms with Crippen molar-refractivity contribution in [3.05, 3.63) is 12.2 Å². The Morgan fingerprint density at radius 3 is 3.05 bits per heavy atom. The Morgan fingerprint density at radius 1 is 1.58 bits per heavy atom. The molecular weight excluding hydrogens is 464 g/mol. The molecule has 0 amide bonds. The van der Waals surface area contributed by atoms with Gasteiger partial charge in [-0.2, -0.15) is 0 Å². The van der Waals surface area contributed by atoms with Gasteiger partial charge in [-0.25, -0.2) is 0 Å². The quantitative estimate of drug-likeness (QED) is 0.240. The third-order valence-electron chi connectivity index (χ3n) is 5.41. The van der Waals surface area contributed by atoms with Crippen LogP contribution in [0.5, 0.6) is 0 Å². The van der Waals surface area contributed by atoms with Crippen LogP contribution in [0.4, 0.5) is 0 Å². The SMILES string of the molecule is C=C1CC12C(C)C1(C[I-]C)COC[C@H]2NCC[I-]C1. The van der Waals surface area contributed by atoms with Gasteiger partial charge in [0.05, 0.1) is 0 Å². The molecule has 2 nitrogen and oxygen atoms in total. The van der Waals surface area contributed by atoms with E-state index >= 15 is 0 Å². The van der Waals surface area contributed by atoms with E-state index in [1.807, 2.05) is 0 Å². The summed E-state index contributed by atoms with van der Waals surface area (Å²) in [4.78, 5) is 2.44. The Labute approximate surface area is 138 Å². The Morgan fingerprint density at radius 2 is 2.37 bits per heavy atom. The molecule has 3 aliphatic rings. The van der Waals surface area contributed by atoms with Crippen molar-refractivity contribution >= 4 is 0 Å². The molecule has 2 aliphatic heterocycles. The number of rotatable bonds is 2. The summed E-state index contributed by atoms with van der Waals surface area (Å²) in [5.74, 6) is 0.768. The van der Waals surface area contributed by atoms with Gasteiger partial charge in [-0.15, -0.1) is 0 Å². The molecule has 19 heavy (non-hydrogen) atoms. The van der Waals surface area contributed by atoms with E-state index < -0.39 is 0 Å². The first kappa shape index (κ1) is 15.0. The van der Waals surface area contributed by atoms with Gasteiger partial charge in [0.2, 0.25) is 0 Å². The number of ether oxygens (including phenoxy) is 1.